The van der Waals surface area contributed by atoms with Gasteiger partial charge in [0, 0.05) is 12.1 Å². The van der Waals surface area contributed by atoms with Crippen molar-refractivity contribution in [1.82, 2.24) is 14.5 Å². The molecule has 1 aromatic heterocycles. The van der Waals surface area contributed by atoms with E-state index in [1.54, 1.807) is 4.57 Å². The van der Waals surface area contributed by atoms with Gasteiger partial charge in [0.25, 0.3) is 11.5 Å². The van der Waals surface area contributed by atoms with Crippen LogP contribution in [0.2, 0.25) is 0 Å². The highest BCUT2D eigenvalue weighted by atomic mass is 16.2. The molecule has 3 aromatic carbocycles. The van der Waals surface area contributed by atoms with Crippen LogP contribution >= 0.6 is 0 Å². The summed E-state index contributed by atoms with van der Waals surface area (Å²) < 4.78 is 1.70. The quantitative estimate of drug-likeness (QED) is 0.251. The molecule has 0 fully saturated rings. The van der Waals surface area contributed by atoms with Crippen LogP contribution in [-0.2, 0) is 11.8 Å². The molecule has 0 saturated carbocycles. The van der Waals surface area contributed by atoms with E-state index in [4.69, 9.17) is 4.98 Å². The van der Waals surface area contributed by atoms with Gasteiger partial charge < -0.3 is 4.90 Å². The largest absolute Gasteiger partial charge is 0.328 e. The van der Waals surface area contributed by atoms with Gasteiger partial charge in [-0.2, -0.15) is 0 Å². The van der Waals surface area contributed by atoms with Crippen LogP contribution in [0, 0.1) is 0 Å². The van der Waals surface area contributed by atoms with Crippen LogP contribution in [0.4, 0.5) is 0 Å². The van der Waals surface area contributed by atoms with Gasteiger partial charge in [-0.05, 0) is 72.2 Å². The molecule has 0 aliphatic rings. The molecule has 5 heteroatoms. The zero-order chi connectivity index (χ0) is 27.4. The average molecular weight is 510 g/mol. The summed E-state index contributed by atoms with van der Waals surface area (Å²) in [5.74, 6) is 0.544. The molecule has 0 N–H and O–H groups in total. The van der Waals surface area contributed by atoms with Crippen molar-refractivity contribution in [2.75, 3.05) is 6.54 Å². The van der Waals surface area contributed by atoms with E-state index in [0.29, 0.717) is 35.3 Å². The Morgan fingerprint density at radius 1 is 0.921 bits per heavy atom. The van der Waals surface area contributed by atoms with Crippen LogP contribution in [-0.4, -0.2) is 26.9 Å². The summed E-state index contributed by atoms with van der Waals surface area (Å²) in [4.78, 5) is 34.8. The number of para-hydroxylation sites is 1. The van der Waals surface area contributed by atoms with Crippen LogP contribution in [0.3, 0.4) is 0 Å². The minimum atomic E-state index is -0.368. The van der Waals surface area contributed by atoms with Crippen molar-refractivity contribution < 1.29 is 4.79 Å². The van der Waals surface area contributed by atoms with Crippen molar-refractivity contribution in [2.45, 2.75) is 72.3 Å². The maximum atomic E-state index is 14.0. The van der Waals surface area contributed by atoms with Crippen LogP contribution < -0.4 is 5.56 Å². The molecule has 1 heterocycles. The first-order chi connectivity index (χ1) is 18.2. The van der Waals surface area contributed by atoms with E-state index in [2.05, 4.69) is 41.5 Å². The number of carbonyl (C=O) groups is 1. The number of aromatic nitrogens is 2. The zero-order valence-electron chi connectivity index (χ0n) is 23.5. The monoisotopic (exact) mass is 509 g/mol. The van der Waals surface area contributed by atoms with Gasteiger partial charge in [0.1, 0.15) is 5.82 Å². The summed E-state index contributed by atoms with van der Waals surface area (Å²) in [6.45, 7) is 13.3. The van der Waals surface area contributed by atoms with E-state index in [0.717, 1.165) is 18.5 Å². The second kappa shape index (κ2) is 11.3. The molecule has 4 rings (SSSR count). The summed E-state index contributed by atoms with van der Waals surface area (Å²) in [6.07, 6.45) is 2.34. The van der Waals surface area contributed by atoms with Crippen molar-refractivity contribution in [3.05, 3.63) is 106 Å². The highest BCUT2D eigenvalue weighted by Crippen LogP contribution is 2.29. The van der Waals surface area contributed by atoms with Crippen LogP contribution in [0.1, 0.15) is 87.7 Å². The van der Waals surface area contributed by atoms with E-state index >= 15 is 0 Å². The molecular weight excluding hydrogens is 470 g/mol. The van der Waals surface area contributed by atoms with Gasteiger partial charge in [-0.3, -0.25) is 14.2 Å². The molecule has 5 nitrogen and oxygen atoms in total. The number of carbonyl (C=O) groups excluding carboxylic acids is 1. The predicted octanol–water partition coefficient (Wildman–Crippen LogP) is 7.25. The molecule has 4 aromatic rings. The Balaban J connectivity index is 1.87. The molecule has 0 aliphatic carbocycles. The zero-order valence-corrected chi connectivity index (χ0v) is 23.5. The molecule has 0 spiro atoms. The lowest BCUT2D eigenvalue weighted by atomic mass is 9.86. The van der Waals surface area contributed by atoms with Gasteiger partial charge in [0.2, 0.25) is 0 Å². The smallest absolute Gasteiger partial charge is 0.266 e. The number of aryl methyl sites for hydroxylation is 1. The van der Waals surface area contributed by atoms with Gasteiger partial charge in [0.15, 0.2) is 0 Å². The Labute approximate surface area is 226 Å². The van der Waals surface area contributed by atoms with Gasteiger partial charge in [-0.1, -0.05) is 77.9 Å². The normalized spacial score (nSPS) is 12.5. The van der Waals surface area contributed by atoms with Crippen LogP contribution in [0.15, 0.2) is 77.6 Å². The lowest BCUT2D eigenvalue weighted by Crippen LogP contribution is -2.39. The van der Waals surface area contributed by atoms with E-state index < -0.39 is 0 Å². The number of benzene rings is 3. The van der Waals surface area contributed by atoms with E-state index in [1.165, 1.54) is 11.1 Å². The number of rotatable bonds is 8. The SMILES string of the molecule is CCCN(C(=O)c1ccc(C(C)(C)C)cc1)C(CC)c1nc2ccccc2c(=O)n1-c1ccc(CC)cc1. The minimum Gasteiger partial charge on any atom is -0.328 e. The van der Waals surface area contributed by atoms with E-state index in [-0.39, 0.29) is 22.9 Å². The summed E-state index contributed by atoms with van der Waals surface area (Å²) in [5.41, 5.74) is 4.32. The molecular formula is C33H39N3O2. The second-order valence-corrected chi connectivity index (χ2v) is 10.9. The molecule has 38 heavy (non-hydrogen) atoms. The number of hydrogen-bond donors (Lipinski definition) is 0. The maximum absolute atomic E-state index is 14.0. The molecule has 1 atom stereocenters. The summed E-state index contributed by atoms with van der Waals surface area (Å²) in [6, 6.07) is 23.0. The summed E-state index contributed by atoms with van der Waals surface area (Å²) >= 11 is 0. The highest BCUT2D eigenvalue weighted by Gasteiger charge is 2.29. The van der Waals surface area contributed by atoms with Crippen LogP contribution in [0.5, 0.6) is 0 Å². The average Bonchev–Trinajstić information content (AvgIpc) is 2.92. The van der Waals surface area contributed by atoms with Crippen molar-refractivity contribution >= 4 is 16.8 Å². The van der Waals surface area contributed by atoms with Crippen molar-refractivity contribution in [2.24, 2.45) is 0 Å². The van der Waals surface area contributed by atoms with Crippen molar-refractivity contribution in [3.8, 4) is 5.69 Å². The number of nitrogens with zero attached hydrogens (tertiary/aromatic N) is 3. The topological polar surface area (TPSA) is 55.2 Å². The molecule has 1 unspecified atom stereocenters. The molecule has 0 saturated heterocycles. The summed E-state index contributed by atoms with van der Waals surface area (Å²) in [5, 5.41) is 0.566. The van der Waals surface area contributed by atoms with Gasteiger partial charge >= 0.3 is 0 Å². The maximum Gasteiger partial charge on any atom is 0.266 e. The van der Waals surface area contributed by atoms with E-state index in [1.807, 2.05) is 77.7 Å². The number of amides is 1. The second-order valence-electron chi connectivity index (χ2n) is 10.9. The Kier molecular flexibility index (Phi) is 8.15. The Hall–Kier alpha value is -3.73. The summed E-state index contributed by atoms with van der Waals surface area (Å²) in [7, 11) is 0. The van der Waals surface area contributed by atoms with Gasteiger partial charge in [-0.15, -0.1) is 0 Å². The third kappa shape index (κ3) is 5.42. The standard InChI is InChI=1S/C33H39N3O2/c1-7-22-35(31(37)24-16-18-25(19-17-24)33(4,5)6)29(9-3)30-34-28-13-11-10-12-27(28)32(38)36(30)26-20-14-23(8-2)15-21-26/h10-21,29H,7-9,22H2,1-6H3. The Morgan fingerprint density at radius 3 is 2.16 bits per heavy atom. The van der Waals surface area contributed by atoms with E-state index in [9.17, 15) is 9.59 Å². The lowest BCUT2D eigenvalue weighted by Gasteiger charge is -2.32. The fourth-order valence-electron chi connectivity index (χ4n) is 4.96. The number of hydrogen-bond acceptors (Lipinski definition) is 3. The predicted molar refractivity (Wildman–Crippen MR) is 156 cm³/mol. The molecule has 0 bridgehead atoms. The molecule has 198 valence electrons. The van der Waals surface area contributed by atoms with Crippen LogP contribution in [0.25, 0.3) is 16.6 Å². The third-order valence-electron chi connectivity index (χ3n) is 7.19. The molecule has 0 aliphatic heterocycles. The highest BCUT2D eigenvalue weighted by molar-refractivity contribution is 5.94. The Morgan fingerprint density at radius 2 is 1.58 bits per heavy atom. The first kappa shape index (κ1) is 27.3. The fraction of sp³-hybridized carbons (Fsp3) is 0.364. The lowest BCUT2D eigenvalue weighted by molar-refractivity contribution is 0.0659. The van der Waals surface area contributed by atoms with Crippen molar-refractivity contribution in [3.63, 3.8) is 0 Å². The molecule has 1 amide bonds. The van der Waals surface area contributed by atoms with Crippen molar-refractivity contribution in [1.29, 1.82) is 0 Å². The number of fused-ring (bicyclic) bond motifs is 1. The third-order valence-corrected chi connectivity index (χ3v) is 7.19. The van der Waals surface area contributed by atoms with Gasteiger partial charge in [-0.25, -0.2) is 4.98 Å². The minimum absolute atomic E-state index is 0.00897. The molecule has 0 radical (unpaired) electrons. The first-order valence-corrected chi connectivity index (χ1v) is 13.7. The fourth-order valence-corrected chi connectivity index (χ4v) is 4.96. The Bertz CT molecular complexity index is 1460. The van der Waals surface area contributed by atoms with Gasteiger partial charge in [0.05, 0.1) is 22.6 Å². The first-order valence-electron chi connectivity index (χ1n) is 13.7.